The first-order chi connectivity index (χ1) is 22.4. The molecule has 2 saturated heterocycles. The molecule has 3 atom stereocenters. The molecule has 4 rings (SSSR count). The molecular weight excluding hydrogens is 580 g/mol. The molecule has 2 aromatic carbocycles. The fourth-order valence-electron chi connectivity index (χ4n) is 6.32. The van der Waals surface area contributed by atoms with Crippen molar-refractivity contribution >= 4 is 17.8 Å². The summed E-state index contributed by atoms with van der Waals surface area (Å²) in [6.45, 7) is 0.274. The van der Waals surface area contributed by atoms with E-state index in [1.807, 2.05) is 60.7 Å². The number of methoxy groups -OCH3 is 1. The van der Waals surface area contributed by atoms with Crippen molar-refractivity contribution in [1.82, 2.24) is 9.80 Å². The zero-order chi connectivity index (χ0) is 32.7. The van der Waals surface area contributed by atoms with E-state index in [0.29, 0.717) is 51.4 Å². The van der Waals surface area contributed by atoms with E-state index in [-0.39, 0.29) is 42.0 Å². The normalized spacial score (nSPS) is 19.8. The zero-order valence-corrected chi connectivity index (χ0v) is 26.8. The lowest BCUT2D eigenvalue weighted by Gasteiger charge is -2.39. The summed E-state index contributed by atoms with van der Waals surface area (Å²) in [5, 5.41) is 21.0. The number of amides is 2. The first-order valence-corrected chi connectivity index (χ1v) is 16.3. The van der Waals surface area contributed by atoms with Crippen molar-refractivity contribution in [1.29, 1.82) is 0 Å². The molecule has 0 bridgehead atoms. The third-order valence-electron chi connectivity index (χ3n) is 8.73. The van der Waals surface area contributed by atoms with Crippen LogP contribution in [0.15, 0.2) is 84.3 Å². The number of rotatable bonds is 13. The number of piperidine rings is 2. The lowest BCUT2D eigenvalue weighted by atomic mass is 9.94. The molecule has 46 heavy (non-hydrogen) atoms. The summed E-state index contributed by atoms with van der Waals surface area (Å²) >= 11 is 0. The predicted octanol–water partition coefficient (Wildman–Crippen LogP) is 6.22. The van der Waals surface area contributed by atoms with Gasteiger partial charge in [-0.15, -0.1) is 5.92 Å². The molecule has 244 valence electrons. The van der Waals surface area contributed by atoms with E-state index in [2.05, 4.69) is 11.8 Å². The SMILES string of the molecule is COC(=O)C(CCC#CCN1C(=O)CCC[C@@H]1C/C=C(\O)Cc1ccccc1)N1C(=O)CCC[C@@H]1C/C=C(\O)Cc1ccccc1. The van der Waals surface area contributed by atoms with Crippen molar-refractivity contribution in [2.24, 2.45) is 0 Å². The third kappa shape index (κ3) is 10.3. The maximum atomic E-state index is 13.1. The molecule has 8 nitrogen and oxygen atoms in total. The van der Waals surface area contributed by atoms with Crippen LogP contribution in [0.5, 0.6) is 0 Å². The number of allylic oxidation sites excluding steroid dienone is 2. The number of aliphatic hydroxyl groups is 2. The highest BCUT2D eigenvalue weighted by molar-refractivity contribution is 5.85. The number of hydrogen-bond donors (Lipinski definition) is 2. The Hall–Kier alpha value is -4.51. The minimum Gasteiger partial charge on any atom is -0.512 e. The lowest BCUT2D eigenvalue weighted by molar-refractivity contribution is -0.157. The van der Waals surface area contributed by atoms with Gasteiger partial charge >= 0.3 is 5.97 Å². The standard InChI is InChI=1S/C38H46N2O6/c1-46-38(45)35(40-32(18-12-21-37(40)44)23-25-34(42)28-30-15-7-3-8-16-30)19-9-4-10-26-39-31(17-11-20-36(39)43)22-24-33(41)27-29-13-5-2-6-14-29/h2-3,5-8,13-16,24-25,31-32,35,41-42H,9,11-12,17-23,26-28H2,1H3/b33-24-,34-25-/t31-,32-,35?/m1/s1. The Kier molecular flexibility index (Phi) is 13.3. The van der Waals surface area contributed by atoms with E-state index in [9.17, 15) is 24.6 Å². The molecule has 8 heteroatoms. The zero-order valence-electron chi connectivity index (χ0n) is 26.8. The summed E-state index contributed by atoms with van der Waals surface area (Å²) in [5.41, 5.74) is 2.02. The average molecular weight is 627 g/mol. The first kappa shape index (κ1) is 34.4. The van der Waals surface area contributed by atoms with Gasteiger partial charge in [0.1, 0.15) is 6.04 Å². The monoisotopic (exact) mass is 626 g/mol. The van der Waals surface area contributed by atoms with Gasteiger partial charge in [0.15, 0.2) is 0 Å². The molecule has 0 spiro atoms. The van der Waals surface area contributed by atoms with Crippen molar-refractivity contribution in [3.05, 3.63) is 95.5 Å². The minimum atomic E-state index is -0.774. The van der Waals surface area contributed by atoms with Crippen molar-refractivity contribution in [3.63, 3.8) is 0 Å². The van der Waals surface area contributed by atoms with Crippen molar-refractivity contribution < 1.29 is 29.3 Å². The third-order valence-corrected chi connectivity index (χ3v) is 8.73. The van der Waals surface area contributed by atoms with Gasteiger partial charge in [-0.05, 0) is 68.2 Å². The van der Waals surface area contributed by atoms with Gasteiger partial charge < -0.3 is 24.7 Å². The van der Waals surface area contributed by atoms with Gasteiger partial charge in [-0.25, -0.2) is 4.79 Å². The summed E-state index contributed by atoms with van der Waals surface area (Å²) < 4.78 is 5.11. The highest BCUT2D eigenvalue weighted by Crippen LogP contribution is 2.27. The fourth-order valence-corrected chi connectivity index (χ4v) is 6.32. The van der Waals surface area contributed by atoms with E-state index in [1.165, 1.54) is 7.11 Å². The van der Waals surface area contributed by atoms with Crippen LogP contribution in [0.3, 0.4) is 0 Å². The van der Waals surface area contributed by atoms with E-state index >= 15 is 0 Å². The number of carbonyl (C=O) groups excluding carboxylic acids is 3. The summed E-state index contributed by atoms with van der Waals surface area (Å²) in [7, 11) is 1.32. The van der Waals surface area contributed by atoms with Crippen molar-refractivity contribution in [3.8, 4) is 11.8 Å². The smallest absolute Gasteiger partial charge is 0.328 e. The van der Waals surface area contributed by atoms with Crippen LogP contribution >= 0.6 is 0 Å². The Balaban J connectivity index is 1.35. The maximum absolute atomic E-state index is 13.1. The number of hydrogen-bond acceptors (Lipinski definition) is 6. The summed E-state index contributed by atoms with van der Waals surface area (Å²) in [5.74, 6) is 6.24. The van der Waals surface area contributed by atoms with Gasteiger partial charge in [-0.2, -0.15) is 0 Å². The van der Waals surface area contributed by atoms with Crippen LogP contribution in [0, 0.1) is 11.8 Å². The number of nitrogens with zero attached hydrogens (tertiary/aromatic N) is 2. The van der Waals surface area contributed by atoms with Crippen LogP contribution in [-0.2, 0) is 32.0 Å². The van der Waals surface area contributed by atoms with Gasteiger partial charge in [0.05, 0.1) is 25.2 Å². The van der Waals surface area contributed by atoms with Gasteiger partial charge in [0.25, 0.3) is 0 Å². The van der Waals surface area contributed by atoms with E-state index in [4.69, 9.17) is 4.74 Å². The predicted molar refractivity (Wildman–Crippen MR) is 178 cm³/mol. The van der Waals surface area contributed by atoms with Crippen LogP contribution in [0.2, 0.25) is 0 Å². The second kappa shape index (κ2) is 17.8. The summed E-state index contributed by atoms with van der Waals surface area (Å²) in [6, 6.07) is 18.4. The van der Waals surface area contributed by atoms with Gasteiger partial charge in [0.2, 0.25) is 11.8 Å². The largest absolute Gasteiger partial charge is 0.512 e. The maximum Gasteiger partial charge on any atom is 0.328 e. The molecule has 0 saturated carbocycles. The van der Waals surface area contributed by atoms with E-state index in [1.54, 1.807) is 22.0 Å². The molecule has 1 unspecified atom stereocenters. The number of carbonyl (C=O) groups is 3. The highest BCUT2D eigenvalue weighted by atomic mass is 16.5. The summed E-state index contributed by atoms with van der Waals surface area (Å²) in [4.78, 5) is 42.2. The van der Waals surface area contributed by atoms with Crippen LogP contribution in [0.25, 0.3) is 0 Å². The van der Waals surface area contributed by atoms with Gasteiger partial charge in [-0.3, -0.25) is 9.59 Å². The Morgan fingerprint density at radius 1 is 0.848 bits per heavy atom. The van der Waals surface area contributed by atoms with E-state index < -0.39 is 12.0 Å². The second-order valence-corrected chi connectivity index (χ2v) is 12.0. The van der Waals surface area contributed by atoms with Crippen molar-refractivity contribution in [2.75, 3.05) is 13.7 Å². The average Bonchev–Trinajstić information content (AvgIpc) is 3.06. The molecule has 2 N–H and O–H groups in total. The number of esters is 1. The second-order valence-electron chi connectivity index (χ2n) is 12.0. The Bertz CT molecular complexity index is 1430. The lowest BCUT2D eigenvalue weighted by Crippen LogP contribution is -2.53. The minimum absolute atomic E-state index is 0.0330. The molecule has 2 aliphatic rings. The Labute approximate surface area is 272 Å². The molecule has 0 aliphatic carbocycles. The first-order valence-electron chi connectivity index (χ1n) is 16.3. The Morgan fingerprint density at radius 2 is 1.39 bits per heavy atom. The number of ether oxygens (including phenoxy) is 1. The fraction of sp³-hybridized carbons (Fsp3) is 0.447. The van der Waals surface area contributed by atoms with Crippen LogP contribution in [-0.4, -0.2) is 69.6 Å². The van der Waals surface area contributed by atoms with Crippen LogP contribution < -0.4 is 0 Å². The molecule has 2 aliphatic heterocycles. The number of benzene rings is 2. The molecule has 2 heterocycles. The van der Waals surface area contributed by atoms with Gasteiger partial charge in [-0.1, -0.05) is 66.6 Å². The number of likely N-dealkylation sites (tertiary alicyclic amines) is 2. The van der Waals surface area contributed by atoms with Gasteiger partial charge in [0, 0.05) is 44.2 Å². The van der Waals surface area contributed by atoms with Crippen LogP contribution in [0.4, 0.5) is 0 Å². The quantitative estimate of drug-likeness (QED) is 0.155. The molecule has 2 fully saturated rings. The molecule has 0 aromatic heterocycles. The number of aliphatic hydroxyl groups excluding tert-OH is 2. The molecule has 2 amide bonds. The highest BCUT2D eigenvalue weighted by Gasteiger charge is 2.37. The van der Waals surface area contributed by atoms with E-state index in [0.717, 1.165) is 36.8 Å². The topological polar surface area (TPSA) is 107 Å². The molecule has 0 radical (unpaired) electrons. The summed E-state index contributed by atoms with van der Waals surface area (Å²) in [6.07, 6.45) is 10.1. The Morgan fingerprint density at radius 3 is 1.98 bits per heavy atom. The molecular formula is C38H46N2O6. The van der Waals surface area contributed by atoms with Crippen molar-refractivity contribution in [2.45, 2.75) is 95.2 Å². The van der Waals surface area contributed by atoms with Crippen LogP contribution in [0.1, 0.15) is 75.3 Å². The molecule has 2 aromatic rings.